The molecule has 0 atom stereocenters. The lowest BCUT2D eigenvalue weighted by molar-refractivity contribution is 0.648. The lowest BCUT2D eigenvalue weighted by Crippen LogP contribution is -2.18. The minimum absolute atomic E-state index is 0.660. The number of nitrogens with one attached hydrogen (secondary N) is 1. The third kappa shape index (κ3) is 2.25. The van der Waals surface area contributed by atoms with Crippen LogP contribution in [0.5, 0.6) is 0 Å². The van der Waals surface area contributed by atoms with E-state index < -0.39 is 0 Å². The number of hydrogen-bond acceptors (Lipinski definition) is 2. The van der Waals surface area contributed by atoms with Crippen LogP contribution in [0, 0.1) is 0 Å². The van der Waals surface area contributed by atoms with E-state index in [2.05, 4.69) is 22.9 Å². The van der Waals surface area contributed by atoms with Crippen molar-refractivity contribution in [1.82, 2.24) is 14.9 Å². The highest BCUT2D eigenvalue weighted by Gasteiger charge is 2.27. The van der Waals surface area contributed by atoms with Crippen molar-refractivity contribution in [2.75, 3.05) is 13.1 Å². The minimum Gasteiger partial charge on any atom is -0.325 e. The van der Waals surface area contributed by atoms with Crippen LogP contribution in [0.25, 0.3) is 11.0 Å². The summed E-state index contributed by atoms with van der Waals surface area (Å²) in [4.78, 5) is 4.75. The fourth-order valence-electron chi connectivity index (χ4n) is 2.42. The van der Waals surface area contributed by atoms with Gasteiger partial charge in [0.15, 0.2) is 0 Å². The van der Waals surface area contributed by atoms with E-state index >= 15 is 0 Å². The smallest absolute Gasteiger partial charge is 0.111 e. The van der Waals surface area contributed by atoms with Gasteiger partial charge in [0, 0.05) is 24.0 Å². The van der Waals surface area contributed by atoms with Gasteiger partial charge in [-0.25, -0.2) is 4.98 Å². The van der Waals surface area contributed by atoms with E-state index in [1.807, 2.05) is 12.1 Å². The molecular formula is C14H18ClN3. The molecule has 2 aromatic rings. The van der Waals surface area contributed by atoms with Crippen LogP contribution in [0.4, 0.5) is 0 Å². The predicted octanol–water partition coefficient (Wildman–Crippen LogP) is 3.18. The number of halogens is 1. The number of nitrogens with zero attached hydrogens (tertiary/aromatic N) is 2. The Kier molecular flexibility index (Phi) is 3.27. The molecule has 1 aliphatic rings. The van der Waals surface area contributed by atoms with Crippen LogP contribution in [0.1, 0.15) is 31.6 Å². The Hall–Kier alpha value is -1.06. The Morgan fingerprint density at radius 2 is 2.28 bits per heavy atom. The third-order valence-corrected chi connectivity index (χ3v) is 3.65. The van der Waals surface area contributed by atoms with E-state index in [1.165, 1.54) is 24.2 Å². The Morgan fingerprint density at radius 1 is 1.44 bits per heavy atom. The molecule has 0 aliphatic heterocycles. The molecule has 96 valence electrons. The number of aromatic nitrogens is 2. The van der Waals surface area contributed by atoms with Crippen LogP contribution in [0.15, 0.2) is 18.2 Å². The second kappa shape index (κ2) is 4.90. The molecule has 3 rings (SSSR count). The Balaban J connectivity index is 1.98. The number of benzene rings is 1. The quantitative estimate of drug-likeness (QED) is 0.840. The van der Waals surface area contributed by atoms with Crippen molar-refractivity contribution in [3.8, 4) is 0 Å². The molecule has 0 radical (unpaired) electrons. The highest BCUT2D eigenvalue weighted by Crippen LogP contribution is 2.39. The second-order valence-corrected chi connectivity index (χ2v) is 5.30. The summed E-state index contributed by atoms with van der Waals surface area (Å²) in [6.45, 7) is 4.12. The maximum atomic E-state index is 6.04. The normalized spacial score (nSPS) is 15.4. The first-order chi connectivity index (χ1) is 8.79. The van der Waals surface area contributed by atoms with Crippen molar-refractivity contribution in [2.45, 2.75) is 32.2 Å². The summed E-state index contributed by atoms with van der Waals surface area (Å²) >= 11 is 6.04. The molecule has 1 aliphatic carbocycles. The van der Waals surface area contributed by atoms with Crippen LogP contribution in [-0.4, -0.2) is 22.6 Å². The van der Waals surface area contributed by atoms with Crippen molar-refractivity contribution >= 4 is 22.6 Å². The SMILES string of the molecule is CCNCCc1nc2cc(Cl)ccc2n1C1CC1. The fourth-order valence-corrected chi connectivity index (χ4v) is 2.58. The summed E-state index contributed by atoms with van der Waals surface area (Å²) in [5.74, 6) is 1.19. The summed E-state index contributed by atoms with van der Waals surface area (Å²) < 4.78 is 2.41. The van der Waals surface area contributed by atoms with Crippen molar-refractivity contribution in [3.63, 3.8) is 0 Å². The molecule has 0 amide bonds. The van der Waals surface area contributed by atoms with E-state index in [4.69, 9.17) is 16.6 Å². The van der Waals surface area contributed by atoms with Gasteiger partial charge < -0.3 is 9.88 Å². The van der Waals surface area contributed by atoms with Gasteiger partial charge in [-0.15, -0.1) is 0 Å². The molecule has 1 heterocycles. The molecule has 1 aromatic carbocycles. The van der Waals surface area contributed by atoms with E-state index in [9.17, 15) is 0 Å². The Labute approximate surface area is 112 Å². The zero-order valence-electron chi connectivity index (χ0n) is 10.6. The molecule has 1 N–H and O–H groups in total. The van der Waals surface area contributed by atoms with Gasteiger partial charge in [-0.3, -0.25) is 0 Å². The van der Waals surface area contributed by atoms with Crippen LogP contribution >= 0.6 is 11.6 Å². The van der Waals surface area contributed by atoms with Crippen molar-refractivity contribution in [3.05, 3.63) is 29.0 Å². The molecule has 0 unspecified atom stereocenters. The zero-order chi connectivity index (χ0) is 12.5. The number of rotatable bonds is 5. The second-order valence-electron chi connectivity index (χ2n) is 4.87. The number of imidazole rings is 1. The zero-order valence-corrected chi connectivity index (χ0v) is 11.4. The standard InChI is InChI=1S/C14H18ClN3/c1-2-16-8-7-14-17-12-9-10(15)3-6-13(12)18(14)11-4-5-11/h3,6,9,11,16H,2,4-5,7-8H2,1H3. The summed E-state index contributed by atoms with van der Waals surface area (Å²) in [5, 5.41) is 4.12. The molecule has 3 nitrogen and oxygen atoms in total. The van der Waals surface area contributed by atoms with Gasteiger partial charge in [-0.1, -0.05) is 18.5 Å². The van der Waals surface area contributed by atoms with Gasteiger partial charge in [0.2, 0.25) is 0 Å². The summed E-state index contributed by atoms with van der Waals surface area (Å²) in [6, 6.07) is 6.68. The van der Waals surface area contributed by atoms with E-state index in [0.717, 1.165) is 30.0 Å². The highest BCUT2D eigenvalue weighted by molar-refractivity contribution is 6.31. The topological polar surface area (TPSA) is 29.9 Å². The number of fused-ring (bicyclic) bond motifs is 1. The first kappa shape index (κ1) is 12.0. The number of hydrogen-bond donors (Lipinski definition) is 1. The van der Waals surface area contributed by atoms with Gasteiger partial charge in [0.25, 0.3) is 0 Å². The van der Waals surface area contributed by atoms with Crippen LogP contribution in [0.2, 0.25) is 5.02 Å². The molecular weight excluding hydrogens is 246 g/mol. The monoisotopic (exact) mass is 263 g/mol. The van der Waals surface area contributed by atoms with Crippen molar-refractivity contribution < 1.29 is 0 Å². The molecule has 0 saturated heterocycles. The average Bonchev–Trinajstić information content (AvgIpc) is 3.12. The van der Waals surface area contributed by atoms with Crippen molar-refractivity contribution in [1.29, 1.82) is 0 Å². The van der Waals surface area contributed by atoms with Gasteiger partial charge in [0.1, 0.15) is 5.82 Å². The minimum atomic E-state index is 0.660. The maximum Gasteiger partial charge on any atom is 0.111 e. The lowest BCUT2D eigenvalue weighted by Gasteiger charge is -2.07. The molecule has 0 spiro atoms. The van der Waals surface area contributed by atoms with Crippen LogP contribution in [-0.2, 0) is 6.42 Å². The summed E-state index contributed by atoms with van der Waals surface area (Å²) in [5.41, 5.74) is 2.26. The van der Waals surface area contributed by atoms with Gasteiger partial charge in [-0.05, 0) is 37.6 Å². The maximum absolute atomic E-state index is 6.04. The molecule has 4 heteroatoms. The lowest BCUT2D eigenvalue weighted by atomic mass is 10.3. The fraction of sp³-hybridized carbons (Fsp3) is 0.500. The molecule has 1 fully saturated rings. The molecule has 18 heavy (non-hydrogen) atoms. The van der Waals surface area contributed by atoms with E-state index in [-0.39, 0.29) is 0 Å². The van der Waals surface area contributed by atoms with Gasteiger partial charge >= 0.3 is 0 Å². The predicted molar refractivity (Wildman–Crippen MR) is 75.3 cm³/mol. The van der Waals surface area contributed by atoms with E-state index in [1.54, 1.807) is 0 Å². The summed E-state index contributed by atoms with van der Waals surface area (Å²) in [7, 11) is 0. The van der Waals surface area contributed by atoms with Crippen LogP contribution < -0.4 is 5.32 Å². The molecule has 1 saturated carbocycles. The summed E-state index contributed by atoms with van der Waals surface area (Å²) in [6.07, 6.45) is 3.54. The molecule has 0 bridgehead atoms. The Bertz CT molecular complexity index is 557. The molecule has 1 aromatic heterocycles. The average molecular weight is 264 g/mol. The third-order valence-electron chi connectivity index (χ3n) is 3.41. The van der Waals surface area contributed by atoms with Gasteiger partial charge in [0.05, 0.1) is 11.0 Å². The van der Waals surface area contributed by atoms with E-state index in [0.29, 0.717) is 6.04 Å². The Morgan fingerprint density at radius 3 is 3.00 bits per heavy atom. The largest absolute Gasteiger partial charge is 0.325 e. The number of likely N-dealkylation sites (N-methyl/N-ethyl adjacent to an activating group) is 1. The van der Waals surface area contributed by atoms with Crippen molar-refractivity contribution in [2.24, 2.45) is 0 Å². The van der Waals surface area contributed by atoms with Gasteiger partial charge in [-0.2, -0.15) is 0 Å². The first-order valence-corrected chi connectivity index (χ1v) is 7.04. The highest BCUT2D eigenvalue weighted by atomic mass is 35.5. The van der Waals surface area contributed by atoms with Crippen LogP contribution in [0.3, 0.4) is 0 Å². The first-order valence-electron chi connectivity index (χ1n) is 6.66.